The van der Waals surface area contributed by atoms with Crippen molar-refractivity contribution < 1.29 is 23.5 Å². The normalized spacial score (nSPS) is 20.4. The van der Waals surface area contributed by atoms with Crippen LogP contribution in [0.2, 0.25) is 18.1 Å². The molecule has 2 amide bonds. The number of esters is 1. The fourth-order valence-corrected chi connectivity index (χ4v) is 6.74. The molecule has 1 unspecified atom stereocenters. The lowest BCUT2D eigenvalue weighted by atomic mass is 9.92. The number of β-lactam (4-membered cyclic amide) rings is 1. The lowest BCUT2D eigenvalue weighted by Crippen LogP contribution is -2.67. The van der Waals surface area contributed by atoms with E-state index in [0.29, 0.717) is 3.53 Å². The Kier molecular flexibility index (Phi) is 10.3. The van der Waals surface area contributed by atoms with Gasteiger partial charge in [-0.2, -0.15) is 0 Å². The number of imide groups is 1. The molecule has 1 fully saturated rings. The Bertz CT molecular complexity index is 692. The standard InChI is InChI=1S/C20H33NO5S3Si/c1-9-11-25-18(24)16(23)21-15(22)14(17(21)29-19(27)28-12-10-2)13(3)26-30(7,8)20(4,5)6/h9,13-14,17H,1,10-12H2,2-8H3/t13?,14-,17+/m1/s1. The summed E-state index contributed by atoms with van der Waals surface area (Å²) in [6.45, 7) is 17.9. The molecular weight excluding hydrogens is 459 g/mol. The van der Waals surface area contributed by atoms with Crippen LogP contribution in [0, 0.1) is 5.92 Å². The van der Waals surface area contributed by atoms with Gasteiger partial charge in [-0.1, -0.05) is 64.3 Å². The SMILES string of the molecule is C=CCOC(=O)C(=O)N1C(=O)[C@@H](C(C)O[Si](C)(C)C(C)(C)C)[C@@H]1SC(=S)SCCC. The van der Waals surface area contributed by atoms with E-state index in [1.165, 1.54) is 29.6 Å². The molecule has 0 spiro atoms. The van der Waals surface area contributed by atoms with E-state index in [4.69, 9.17) is 21.4 Å². The minimum Gasteiger partial charge on any atom is -0.454 e. The van der Waals surface area contributed by atoms with Crippen LogP contribution in [0.5, 0.6) is 0 Å². The van der Waals surface area contributed by atoms with E-state index in [-0.39, 0.29) is 11.6 Å². The summed E-state index contributed by atoms with van der Waals surface area (Å²) >= 11 is 8.20. The maximum atomic E-state index is 12.9. The zero-order valence-corrected chi connectivity index (χ0v) is 22.3. The molecule has 0 saturated carbocycles. The van der Waals surface area contributed by atoms with Crippen LogP contribution in [0.25, 0.3) is 0 Å². The fraction of sp³-hybridized carbons (Fsp3) is 0.700. The van der Waals surface area contributed by atoms with E-state index in [2.05, 4.69) is 47.4 Å². The summed E-state index contributed by atoms with van der Waals surface area (Å²) in [5.74, 6) is -2.18. The van der Waals surface area contributed by atoms with Gasteiger partial charge in [-0.15, -0.1) is 11.8 Å². The topological polar surface area (TPSA) is 72.9 Å². The molecule has 1 aliphatic heterocycles. The van der Waals surface area contributed by atoms with Crippen molar-refractivity contribution in [2.24, 2.45) is 5.92 Å². The summed E-state index contributed by atoms with van der Waals surface area (Å²) < 4.78 is 11.9. The number of ether oxygens (including phenoxy) is 1. The fourth-order valence-electron chi connectivity index (χ4n) is 2.59. The first-order valence-corrected chi connectivity index (χ1v) is 15.1. The van der Waals surface area contributed by atoms with Crippen LogP contribution in [0.3, 0.4) is 0 Å². The molecule has 0 aromatic heterocycles. The first-order chi connectivity index (χ1) is 13.8. The Labute approximate surface area is 195 Å². The first-order valence-electron chi connectivity index (χ1n) is 9.94. The zero-order chi connectivity index (χ0) is 23.3. The molecule has 0 aliphatic carbocycles. The van der Waals surface area contributed by atoms with Crippen LogP contribution >= 0.6 is 35.7 Å². The molecule has 0 aromatic carbocycles. The molecule has 0 N–H and O–H groups in total. The highest BCUT2D eigenvalue weighted by Gasteiger charge is 2.57. The van der Waals surface area contributed by atoms with Gasteiger partial charge in [0.25, 0.3) is 0 Å². The Morgan fingerprint density at radius 1 is 1.37 bits per heavy atom. The van der Waals surface area contributed by atoms with Gasteiger partial charge in [0, 0.05) is 0 Å². The summed E-state index contributed by atoms with van der Waals surface area (Å²) in [6, 6.07) is 0. The monoisotopic (exact) mass is 491 g/mol. The molecule has 30 heavy (non-hydrogen) atoms. The molecule has 1 aliphatic rings. The smallest absolute Gasteiger partial charge is 0.397 e. The number of carbonyl (C=O) groups excluding carboxylic acids is 3. The summed E-state index contributed by atoms with van der Waals surface area (Å²) in [7, 11) is -2.13. The highest BCUT2D eigenvalue weighted by Crippen LogP contribution is 2.44. The Morgan fingerprint density at radius 3 is 2.47 bits per heavy atom. The number of amides is 2. The van der Waals surface area contributed by atoms with E-state index < -0.39 is 43.5 Å². The summed E-state index contributed by atoms with van der Waals surface area (Å²) in [6.07, 6.45) is 1.92. The predicted octanol–water partition coefficient (Wildman–Crippen LogP) is 4.60. The van der Waals surface area contributed by atoms with Crippen molar-refractivity contribution in [3.05, 3.63) is 12.7 Å². The van der Waals surface area contributed by atoms with Crippen molar-refractivity contribution in [1.29, 1.82) is 0 Å². The van der Waals surface area contributed by atoms with Gasteiger partial charge in [-0.3, -0.25) is 14.5 Å². The van der Waals surface area contributed by atoms with Crippen molar-refractivity contribution in [1.82, 2.24) is 4.90 Å². The lowest BCUT2D eigenvalue weighted by Gasteiger charge is -2.49. The lowest BCUT2D eigenvalue weighted by molar-refractivity contribution is -0.174. The van der Waals surface area contributed by atoms with Gasteiger partial charge in [0.2, 0.25) is 5.91 Å². The van der Waals surface area contributed by atoms with E-state index in [9.17, 15) is 14.4 Å². The number of hydrogen-bond acceptors (Lipinski definition) is 8. The van der Waals surface area contributed by atoms with Gasteiger partial charge in [0.1, 0.15) is 15.5 Å². The maximum Gasteiger partial charge on any atom is 0.397 e. The van der Waals surface area contributed by atoms with Gasteiger partial charge in [0.05, 0.1) is 12.0 Å². The van der Waals surface area contributed by atoms with Gasteiger partial charge in [0.15, 0.2) is 8.32 Å². The maximum absolute atomic E-state index is 12.9. The van der Waals surface area contributed by atoms with Crippen LogP contribution in [0.1, 0.15) is 41.0 Å². The number of rotatable bonds is 8. The highest BCUT2D eigenvalue weighted by atomic mass is 32.2. The van der Waals surface area contributed by atoms with E-state index in [1.807, 2.05) is 6.92 Å². The van der Waals surface area contributed by atoms with E-state index in [1.54, 1.807) is 0 Å². The number of thiocarbonyl (C=S) groups is 1. The minimum atomic E-state index is -2.13. The molecule has 10 heteroatoms. The molecule has 0 aromatic rings. The third kappa shape index (κ3) is 6.66. The van der Waals surface area contributed by atoms with Crippen LogP contribution in [0.4, 0.5) is 0 Å². The van der Waals surface area contributed by atoms with Crippen molar-refractivity contribution in [3.63, 3.8) is 0 Å². The van der Waals surface area contributed by atoms with E-state index in [0.717, 1.165) is 17.1 Å². The van der Waals surface area contributed by atoms with Gasteiger partial charge in [-0.05, 0) is 37.2 Å². The largest absolute Gasteiger partial charge is 0.454 e. The van der Waals surface area contributed by atoms with Crippen molar-refractivity contribution in [2.45, 2.75) is 70.6 Å². The highest BCUT2D eigenvalue weighted by molar-refractivity contribution is 8.47. The van der Waals surface area contributed by atoms with Crippen molar-refractivity contribution in [2.75, 3.05) is 12.4 Å². The zero-order valence-electron chi connectivity index (χ0n) is 18.9. The van der Waals surface area contributed by atoms with Gasteiger partial charge in [-0.25, -0.2) is 4.79 Å². The average Bonchev–Trinajstić information content (AvgIpc) is 2.62. The molecule has 1 saturated heterocycles. The predicted molar refractivity (Wildman–Crippen MR) is 131 cm³/mol. The second-order valence-electron chi connectivity index (χ2n) is 8.62. The van der Waals surface area contributed by atoms with Crippen LogP contribution < -0.4 is 0 Å². The van der Waals surface area contributed by atoms with Crippen LogP contribution in [0.15, 0.2) is 12.7 Å². The summed E-state index contributed by atoms with van der Waals surface area (Å²) in [4.78, 5) is 38.5. The number of carbonyl (C=O) groups is 3. The Balaban J connectivity index is 3.05. The number of hydrogen-bond donors (Lipinski definition) is 0. The molecule has 0 bridgehead atoms. The van der Waals surface area contributed by atoms with Crippen molar-refractivity contribution >= 4 is 65.4 Å². The summed E-state index contributed by atoms with van der Waals surface area (Å²) in [5, 5.41) is -0.606. The first kappa shape index (κ1) is 27.4. The molecular formula is C20H33NO5S3Si. The Hall–Kier alpha value is -0.683. The van der Waals surface area contributed by atoms with Crippen molar-refractivity contribution in [3.8, 4) is 0 Å². The molecule has 1 rings (SSSR count). The number of thioether (sulfide) groups is 2. The third-order valence-electron chi connectivity index (χ3n) is 5.24. The second-order valence-corrected chi connectivity index (χ2v) is 16.8. The quantitative estimate of drug-likeness (QED) is 0.122. The van der Waals surface area contributed by atoms with Gasteiger partial charge < -0.3 is 9.16 Å². The molecule has 6 nitrogen and oxygen atoms in total. The minimum absolute atomic E-state index is 0.0209. The summed E-state index contributed by atoms with van der Waals surface area (Å²) in [5.41, 5.74) is 0. The van der Waals surface area contributed by atoms with Crippen LogP contribution in [-0.2, 0) is 23.5 Å². The molecule has 1 heterocycles. The van der Waals surface area contributed by atoms with Gasteiger partial charge >= 0.3 is 11.9 Å². The molecule has 3 atom stereocenters. The molecule has 0 radical (unpaired) electrons. The third-order valence-corrected chi connectivity index (χ3v) is 12.9. The van der Waals surface area contributed by atoms with Crippen LogP contribution in [-0.4, -0.2) is 58.4 Å². The number of nitrogens with zero attached hydrogens (tertiary/aromatic N) is 1. The number of likely N-dealkylation sites (tertiary alicyclic amines) is 1. The van der Waals surface area contributed by atoms with E-state index >= 15 is 0 Å². The average molecular weight is 492 g/mol. The molecule has 170 valence electrons. The second kappa shape index (κ2) is 11.3. The Morgan fingerprint density at radius 2 is 1.97 bits per heavy atom.